The van der Waals surface area contributed by atoms with Crippen molar-refractivity contribution in [1.29, 1.82) is 0 Å². The Labute approximate surface area is 176 Å². The fourth-order valence-corrected chi connectivity index (χ4v) is 3.93. The van der Waals surface area contributed by atoms with E-state index in [1.165, 1.54) is 31.4 Å². The minimum absolute atomic E-state index is 0.00755. The van der Waals surface area contributed by atoms with Gasteiger partial charge in [0, 0.05) is 16.1 Å². The average Bonchev–Trinajstić information content (AvgIpc) is 2.94. The zero-order valence-corrected chi connectivity index (χ0v) is 17.0. The molecule has 0 aliphatic carbocycles. The van der Waals surface area contributed by atoms with Crippen LogP contribution in [0.4, 0.5) is 9.18 Å². The smallest absolute Gasteiger partial charge is 0.293 e. The lowest BCUT2D eigenvalue weighted by Gasteiger charge is -2.14. The molecule has 29 heavy (non-hydrogen) atoms. The summed E-state index contributed by atoms with van der Waals surface area (Å²) in [6.45, 7) is 3.40. The molecule has 1 heterocycles. The van der Waals surface area contributed by atoms with Crippen LogP contribution < -0.4 is 4.74 Å². The van der Waals surface area contributed by atoms with E-state index in [-0.39, 0.29) is 33.5 Å². The van der Waals surface area contributed by atoms with E-state index in [4.69, 9.17) is 16.3 Å². The van der Waals surface area contributed by atoms with Crippen molar-refractivity contribution in [2.24, 2.45) is 0 Å². The van der Waals surface area contributed by atoms with Crippen molar-refractivity contribution >= 4 is 40.6 Å². The molecule has 1 N–H and O–H groups in total. The van der Waals surface area contributed by atoms with Gasteiger partial charge < -0.3 is 9.84 Å². The molecule has 0 unspecified atom stereocenters. The third-order valence-electron chi connectivity index (χ3n) is 4.31. The van der Waals surface area contributed by atoms with Crippen LogP contribution in [0, 0.1) is 5.82 Å². The highest BCUT2D eigenvalue weighted by Crippen LogP contribution is 2.37. The fourth-order valence-electron chi connectivity index (χ4n) is 2.87. The number of ether oxygens (including phenoxy) is 1. The Morgan fingerprint density at radius 1 is 1.34 bits per heavy atom. The standard InChI is InChI=1S/C21H17ClFNO4S/c1-3-5-13-8-12(9-17(28-2)19(13)25)10-18-20(26)24(21(27)29-18)11-14-15(22)6-4-7-16(14)23/h3-4,6-10,25H,1,5,11H2,2H3/b18-10-. The largest absolute Gasteiger partial charge is 0.504 e. The number of amides is 2. The second-order valence-electron chi connectivity index (χ2n) is 6.19. The second kappa shape index (κ2) is 8.71. The Morgan fingerprint density at radius 2 is 2.10 bits per heavy atom. The maximum absolute atomic E-state index is 14.0. The first-order valence-corrected chi connectivity index (χ1v) is 9.74. The number of rotatable bonds is 6. The molecule has 2 amide bonds. The SMILES string of the molecule is C=CCc1cc(/C=C2\SC(=O)N(Cc3c(F)cccc3Cl)C2=O)cc(OC)c1O. The van der Waals surface area contributed by atoms with E-state index >= 15 is 0 Å². The number of imide groups is 1. The van der Waals surface area contributed by atoms with Gasteiger partial charge in [-0.2, -0.15) is 0 Å². The lowest BCUT2D eigenvalue weighted by Crippen LogP contribution is -2.28. The van der Waals surface area contributed by atoms with Gasteiger partial charge in [-0.3, -0.25) is 14.5 Å². The molecule has 0 aromatic heterocycles. The molecule has 1 saturated heterocycles. The summed E-state index contributed by atoms with van der Waals surface area (Å²) in [7, 11) is 1.42. The van der Waals surface area contributed by atoms with Crippen molar-refractivity contribution in [1.82, 2.24) is 4.90 Å². The molecular formula is C21H17ClFNO4S. The summed E-state index contributed by atoms with van der Waals surface area (Å²) in [5.41, 5.74) is 1.23. The fraction of sp³-hybridized carbons (Fsp3) is 0.143. The van der Waals surface area contributed by atoms with Gasteiger partial charge in [0.05, 0.1) is 18.6 Å². The first kappa shape index (κ1) is 21.0. The van der Waals surface area contributed by atoms with E-state index in [1.54, 1.807) is 18.2 Å². The van der Waals surface area contributed by atoms with Crippen molar-refractivity contribution in [3.8, 4) is 11.5 Å². The van der Waals surface area contributed by atoms with Crippen molar-refractivity contribution in [2.75, 3.05) is 7.11 Å². The minimum atomic E-state index is -0.585. The van der Waals surface area contributed by atoms with Crippen LogP contribution in [0.5, 0.6) is 11.5 Å². The monoisotopic (exact) mass is 433 g/mol. The van der Waals surface area contributed by atoms with Crippen LogP contribution in [0.25, 0.3) is 6.08 Å². The molecule has 0 atom stereocenters. The zero-order valence-electron chi connectivity index (χ0n) is 15.4. The summed E-state index contributed by atoms with van der Waals surface area (Å²) in [5, 5.41) is 9.81. The van der Waals surface area contributed by atoms with E-state index < -0.39 is 17.0 Å². The number of carbonyl (C=O) groups excluding carboxylic acids is 2. The van der Waals surface area contributed by atoms with Crippen LogP contribution >= 0.6 is 23.4 Å². The van der Waals surface area contributed by atoms with Crippen molar-refractivity contribution in [2.45, 2.75) is 13.0 Å². The first-order valence-electron chi connectivity index (χ1n) is 8.54. The molecule has 5 nitrogen and oxygen atoms in total. The highest BCUT2D eigenvalue weighted by molar-refractivity contribution is 8.18. The molecule has 2 aromatic rings. The zero-order chi connectivity index (χ0) is 21.1. The average molecular weight is 434 g/mol. The van der Waals surface area contributed by atoms with Gasteiger partial charge in [-0.05, 0) is 54.1 Å². The van der Waals surface area contributed by atoms with Gasteiger partial charge in [0.25, 0.3) is 11.1 Å². The molecule has 1 aliphatic rings. The number of thioether (sulfide) groups is 1. The van der Waals surface area contributed by atoms with Gasteiger partial charge in [-0.1, -0.05) is 23.7 Å². The van der Waals surface area contributed by atoms with E-state index in [2.05, 4.69) is 6.58 Å². The van der Waals surface area contributed by atoms with Gasteiger partial charge in [-0.25, -0.2) is 4.39 Å². The number of hydrogen-bond donors (Lipinski definition) is 1. The molecule has 8 heteroatoms. The topological polar surface area (TPSA) is 66.8 Å². The number of carbonyl (C=O) groups is 2. The lowest BCUT2D eigenvalue weighted by atomic mass is 10.1. The second-order valence-corrected chi connectivity index (χ2v) is 7.59. The molecule has 0 bridgehead atoms. The number of hydrogen-bond acceptors (Lipinski definition) is 5. The number of halogens is 2. The maximum Gasteiger partial charge on any atom is 0.293 e. The van der Waals surface area contributed by atoms with Crippen LogP contribution in [-0.4, -0.2) is 28.3 Å². The predicted molar refractivity (Wildman–Crippen MR) is 111 cm³/mol. The van der Waals surface area contributed by atoms with Crippen molar-refractivity contribution in [3.63, 3.8) is 0 Å². The molecule has 0 radical (unpaired) electrons. The number of benzene rings is 2. The van der Waals surface area contributed by atoms with Gasteiger partial charge in [0.1, 0.15) is 5.82 Å². The minimum Gasteiger partial charge on any atom is -0.504 e. The van der Waals surface area contributed by atoms with E-state index in [9.17, 15) is 19.1 Å². The Hall–Kier alpha value is -2.77. The van der Waals surface area contributed by atoms with Gasteiger partial charge in [-0.15, -0.1) is 6.58 Å². The number of methoxy groups -OCH3 is 1. The van der Waals surface area contributed by atoms with Crippen LogP contribution in [0.15, 0.2) is 47.9 Å². The van der Waals surface area contributed by atoms with Gasteiger partial charge in [0.2, 0.25) is 0 Å². The summed E-state index contributed by atoms with van der Waals surface area (Å²) in [6.07, 6.45) is 3.56. The maximum atomic E-state index is 14.0. The van der Waals surface area contributed by atoms with E-state index in [0.29, 0.717) is 17.5 Å². The van der Waals surface area contributed by atoms with Crippen LogP contribution in [0.2, 0.25) is 5.02 Å². The number of nitrogens with zero attached hydrogens (tertiary/aromatic N) is 1. The van der Waals surface area contributed by atoms with Crippen molar-refractivity contribution in [3.05, 3.63) is 75.4 Å². The van der Waals surface area contributed by atoms with E-state index in [1.807, 2.05) is 0 Å². The number of allylic oxidation sites excluding steroid dienone is 1. The van der Waals surface area contributed by atoms with E-state index in [0.717, 1.165) is 16.7 Å². The summed E-state index contributed by atoms with van der Waals surface area (Å²) >= 11 is 6.76. The Balaban J connectivity index is 1.92. The molecule has 0 spiro atoms. The highest BCUT2D eigenvalue weighted by Gasteiger charge is 2.36. The van der Waals surface area contributed by atoms with Crippen LogP contribution in [-0.2, 0) is 17.8 Å². The molecule has 1 fully saturated rings. The first-order chi connectivity index (χ1) is 13.8. The molecule has 3 rings (SSSR count). The van der Waals surface area contributed by atoms with Crippen LogP contribution in [0.1, 0.15) is 16.7 Å². The lowest BCUT2D eigenvalue weighted by molar-refractivity contribution is -0.123. The van der Waals surface area contributed by atoms with Crippen molar-refractivity contribution < 1.29 is 23.8 Å². The Morgan fingerprint density at radius 3 is 2.76 bits per heavy atom. The summed E-state index contributed by atoms with van der Waals surface area (Å²) in [5.74, 6) is -0.894. The molecule has 0 saturated carbocycles. The predicted octanol–water partition coefficient (Wildman–Crippen LogP) is 5.16. The summed E-state index contributed by atoms with van der Waals surface area (Å²) < 4.78 is 19.2. The number of phenolic OH excluding ortho intramolecular Hbond substituents is 1. The molecule has 2 aromatic carbocycles. The number of phenols is 1. The quantitative estimate of drug-likeness (QED) is 0.503. The highest BCUT2D eigenvalue weighted by atomic mass is 35.5. The summed E-state index contributed by atoms with van der Waals surface area (Å²) in [6, 6.07) is 7.41. The van der Waals surface area contributed by atoms with Gasteiger partial charge >= 0.3 is 0 Å². The third kappa shape index (κ3) is 4.31. The molecule has 150 valence electrons. The summed E-state index contributed by atoms with van der Waals surface area (Å²) in [4.78, 5) is 26.2. The molecular weight excluding hydrogens is 417 g/mol. The molecule has 1 aliphatic heterocycles. The van der Waals surface area contributed by atoms with Gasteiger partial charge in [0.15, 0.2) is 11.5 Å². The number of aromatic hydroxyl groups is 1. The Bertz CT molecular complexity index is 1020. The third-order valence-corrected chi connectivity index (χ3v) is 5.57. The normalized spacial score (nSPS) is 15.3. The Kier molecular flexibility index (Phi) is 6.30. The van der Waals surface area contributed by atoms with Crippen LogP contribution in [0.3, 0.4) is 0 Å².